The van der Waals surface area contributed by atoms with Gasteiger partial charge in [-0.2, -0.15) is 0 Å². The van der Waals surface area contributed by atoms with E-state index in [1.165, 1.54) is 0 Å². The third-order valence-electron chi connectivity index (χ3n) is 0. The monoisotopic (exact) mass is 564 g/mol. The summed E-state index contributed by atoms with van der Waals surface area (Å²) in [6.45, 7) is 0. The average Bonchev–Trinajstić information content (AvgIpc) is 0. The molecule has 0 unspecified atom stereocenters. The van der Waals surface area contributed by atoms with Crippen molar-refractivity contribution in [1.29, 1.82) is 0 Å². The molecule has 0 aromatic heterocycles. The Morgan fingerprint density at radius 3 is 1.25 bits per heavy atom. The van der Waals surface area contributed by atoms with Crippen LogP contribution in [0.5, 0.6) is 0 Å². The van der Waals surface area contributed by atoms with Crippen LogP contribution in [0.2, 0.25) is 0 Å². The van der Waals surface area contributed by atoms with Gasteiger partial charge in [0.2, 0.25) is 0 Å². The fraction of sp³-hybridized carbons (Fsp3) is 0. The second-order valence-corrected chi connectivity index (χ2v) is 0. The van der Waals surface area contributed by atoms with Gasteiger partial charge in [-0.15, -0.1) is 0 Å². The first kappa shape index (κ1) is 26.1. The molecule has 0 fully saturated rings. The maximum atomic E-state index is 0. The molecule has 0 rings (SSSR count). The standard InChI is InChI=1S/Hg.Mg.Pb.Sn.10H/q;+2;;;;;;;;;;;2*-1. The second-order valence-electron chi connectivity index (χ2n) is 0. The zero-order valence-electron chi connectivity index (χ0n) is 3.41. The van der Waals surface area contributed by atoms with Crippen molar-refractivity contribution >= 4 is 74.3 Å². The molecule has 4 heteroatoms. The van der Waals surface area contributed by atoms with E-state index in [1.54, 1.807) is 0 Å². The molecule has 0 aromatic carbocycles. The van der Waals surface area contributed by atoms with E-state index in [9.17, 15) is 0 Å². The SMILES string of the molecule is [H-].[H-].[Hg].[Mg+2].[PbH4].[SnH4]. The first-order valence-corrected chi connectivity index (χ1v) is 0. The summed E-state index contributed by atoms with van der Waals surface area (Å²) in [6, 6.07) is 0. The number of hydrogen-bond acceptors (Lipinski definition) is 0. The summed E-state index contributed by atoms with van der Waals surface area (Å²) < 4.78 is 0. The van der Waals surface area contributed by atoms with Crippen molar-refractivity contribution in [2.45, 2.75) is 0 Å². The van der Waals surface area contributed by atoms with Gasteiger partial charge in [-0.3, -0.25) is 0 Å². The molecule has 0 bridgehead atoms. The Morgan fingerprint density at radius 1 is 1.25 bits per heavy atom. The zero-order valence-corrected chi connectivity index (χ0v) is 8.33. The molecule has 0 aromatic rings. The number of rotatable bonds is 0. The van der Waals surface area contributed by atoms with Gasteiger partial charge in [0.25, 0.3) is 0 Å². The summed E-state index contributed by atoms with van der Waals surface area (Å²) >= 11 is 0. The van der Waals surface area contributed by atoms with E-state index in [-0.39, 0.29) is 105 Å². The first-order valence-electron chi connectivity index (χ1n) is 0. The van der Waals surface area contributed by atoms with Gasteiger partial charge >= 0.3 is 74.3 Å². The minimum absolute atomic E-state index is 0. The van der Waals surface area contributed by atoms with Crippen molar-refractivity contribution in [2.24, 2.45) is 0 Å². The molecule has 0 atom stereocenters. The van der Waals surface area contributed by atoms with E-state index in [0.29, 0.717) is 0 Å². The molecule has 22 valence electrons. The molecule has 0 spiro atoms. The normalized spacial score (nSPS) is 0. The molecule has 0 aliphatic carbocycles. The van der Waals surface area contributed by atoms with E-state index in [1.807, 2.05) is 0 Å². The summed E-state index contributed by atoms with van der Waals surface area (Å²) in [4.78, 5) is 0. The molecule has 0 aliphatic heterocycles. The third kappa shape index (κ3) is 9.05. The molecule has 0 N–H and O–H groups in total. The Labute approximate surface area is 103 Å². The van der Waals surface area contributed by atoms with Crippen molar-refractivity contribution in [3.8, 4) is 0 Å². The topological polar surface area (TPSA) is 0 Å². The van der Waals surface area contributed by atoms with Gasteiger partial charge in [0.05, 0.1) is 0 Å². The first-order chi connectivity index (χ1) is 0. The van der Waals surface area contributed by atoms with Gasteiger partial charge in [-0.1, -0.05) is 0 Å². The predicted molar refractivity (Wildman–Crippen MR) is 30.6 cm³/mol. The summed E-state index contributed by atoms with van der Waals surface area (Å²) in [5.41, 5.74) is 0. The Kier molecular flexibility index (Phi) is 105. The quantitative estimate of drug-likeness (QED) is 0.276. The van der Waals surface area contributed by atoms with Gasteiger partial charge < -0.3 is 2.85 Å². The summed E-state index contributed by atoms with van der Waals surface area (Å²) in [6.07, 6.45) is 0. The van der Waals surface area contributed by atoms with E-state index < -0.39 is 0 Å². The molecule has 0 radical (unpaired) electrons. The van der Waals surface area contributed by atoms with E-state index in [2.05, 4.69) is 0 Å². The fourth-order valence-electron chi connectivity index (χ4n) is 0. The van der Waals surface area contributed by atoms with Crippen molar-refractivity contribution in [2.75, 3.05) is 0 Å². The van der Waals surface area contributed by atoms with Crippen LogP contribution >= 0.6 is 0 Å². The molecule has 0 amide bonds. The summed E-state index contributed by atoms with van der Waals surface area (Å²) in [7, 11) is 0. The Hall–Kier alpha value is 3.42. The third-order valence-corrected chi connectivity index (χ3v) is 0. The van der Waals surface area contributed by atoms with Crippen molar-refractivity contribution < 1.29 is 30.5 Å². The van der Waals surface area contributed by atoms with Crippen LogP contribution in [0.3, 0.4) is 0 Å². The van der Waals surface area contributed by atoms with Crippen molar-refractivity contribution in [3.63, 3.8) is 0 Å². The van der Waals surface area contributed by atoms with Gasteiger partial charge in [0.15, 0.2) is 0 Å². The van der Waals surface area contributed by atoms with Gasteiger partial charge in [0.1, 0.15) is 0 Å². The van der Waals surface area contributed by atoms with Crippen LogP contribution in [-0.4, -0.2) is 74.3 Å². The van der Waals surface area contributed by atoms with E-state index >= 15 is 0 Å². The van der Waals surface area contributed by atoms with Gasteiger partial charge in [-0.05, 0) is 0 Å². The molecule has 0 saturated carbocycles. The molecule has 4 heavy (non-hydrogen) atoms. The number of hydrogen-bond donors (Lipinski definition) is 0. The zero-order chi connectivity index (χ0) is 0. The second kappa shape index (κ2) is 16.1. The van der Waals surface area contributed by atoms with Crippen LogP contribution in [0.4, 0.5) is 0 Å². The van der Waals surface area contributed by atoms with Crippen LogP contribution < -0.4 is 0 Å². The van der Waals surface area contributed by atoms with Gasteiger partial charge in [-0.25, -0.2) is 0 Å². The summed E-state index contributed by atoms with van der Waals surface area (Å²) in [5.74, 6) is 0. The Morgan fingerprint density at radius 2 is 1.25 bits per heavy atom. The van der Waals surface area contributed by atoms with Crippen molar-refractivity contribution in [3.05, 3.63) is 0 Å². The van der Waals surface area contributed by atoms with Crippen LogP contribution in [0.15, 0.2) is 0 Å². The van der Waals surface area contributed by atoms with Crippen LogP contribution in [0.1, 0.15) is 2.85 Å². The van der Waals surface area contributed by atoms with Crippen LogP contribution in [0.25, 0.3) is 0 Å². The molecule has 0 heterocycles. The Bertz CT molecular complexity index is 13.5. The van der Waals surface area contributed by atoms with Crippen LogP contribution in [0, 0.1) is 0 Å². The molecule has 0 nitrogen and oxygen atoms in total. The maximum absolute atomic E-state index is 0. The fourth-order valence-corrected chi connectivity index (χ4v) is 0. The predicted octanol–water partition coefficient (Wildman–Crippen LogP) is -3.06. The molecule has 0 saturated heterocycles. The van der Waals surface area contributed by atoms with Gasteiger partial charge in [0, 0.05) is 27.7 Å². The molecular weight excluding hydrogens is 551 g/mol. The van der Waals surface area contributed by atoms with E-state index in [4.69, 9.17) is 0 Å². The molecular formula is H10HgMgPbSn. The Balaban J connectivity index is 0. The summed E-state index contributed by atoms with van der Waals surface area (Å²) in [5, 5.41) is 0. The average molecular weight is 561 g/mol. The molecule has 0 aliphatic rings. The minimum atomic E-state index is 0. The van der Waals surface area contributed by atoms with E-state index in [0.717, 1.165) is 0 Å². The van der Waals surface area contributed by atoms with Crippen LogP contribution in [-0.2, 0) is 27.7 Å². The van der Waals surface area contributed by atoms with Crippen molar-refractivity contribution in [1.82, 2.24) is 0 Å².